The van der Waals surface area contributed by atoms with Gasteiger partial charge in [0.15, 0.2) is 5.78 Å². The van der Waals surface area contributed by atoms with Crippen LogP contribution in [0.2, 0.25) is 0 Å². The minimum Gasteiger partial charge on any atom is -0.369 e. The van der Waals surface area contributed by atoms with Crippen molar-refractivity contribution in [2.45, 2.75) is 33.1 Å². The second-order valence-electron chi connectivity index (χ2n) is 3.57. The SMILES string of the molecule is CCCC(C[C@H](C)C(=O)C=N)C(N)=O. The van der Waals surface area contributed by atoms with Crippen LogP contribution in [0.1, 0.15) is 33.1 Å². The Morgan fingerprint density at radius 2 is 2.07 bits per heavy atom. The summed E-state index contributed by atoms with van der Waals surface area (Å²) in [7, 11) is 0. The Hall–Kier alpha value is -1.19. The fraction of sp³-hybridized carbons (Fsp3) is 0.700. The van der Waals surface area contributed by atoms with E-state index in [1.54, 1.807) is 6.92 Å². The molecule has 1 unspecified atom stereocenters. The van der Waals surface area contributed by atoms with E-state index >= 15 is 0 Å². The van der Waals surface area contributed by atoms with Gasteiger partial charge in [0.2, 0.25) is 5.91 Å². The van der Waals surface area contributed by atoms with Crippen LogP contribution in [0.5, 0.6) is 0 Å². The van der Waals surface area contributed by atoms with Crippen LogP contribution in [0, 0.1) is 17.2 Å². The van der Waals surface area contributed by atoms with Crippen molar-refractivity contribution in [3.05, 3.63) is 0 Å². The number of nitrogens with two attached hydrogens (primary N) is 1. The molecule has 14 heavy (non-hydrogen) atoms. The zero-order valence-corrected chi connectivity index (χ0v) is 8.75. The predicted octanol–water partition coefficient (Wildman–Crippen LogP) is 1.13. The van der Waals surface area contributed by atoms with E-state index in [2.05, 4.69) is 0 Å². The Labute approximate surface area is 84.4 Å². The van der Waals surface area contributed by atoms with Crippen molar-refractivity contribution >= 4 is 17.9 Å². The maximum atomic E-state index is 11.1. The molecule has 0 saturated heterocycles. The van der Waals surface area contributed by atoms with Gasteiger partial charge in [0.25, 0.3) is 0 Å². The molecule has 0 rings (SSSR count). The van der Waals surface area contributed by atoms with Gasteiger partial charge in [-0.2, -0.15) is 0 Å². The van der Waals surface area contributed by atoms with E-state index in [1.165, 1.54) is 0 Å². The van der Waals surface area contributed by atoms with Crippen LogP contribution < -0.4 is 5.73 Å². The van der Waals surface area contributed by atoms with Gasteiger partial charge in [0.1, 0.15) is 0 Å². The molecule has 0 saturated carbocycles. The van der Waals surface area contributed by atoms with Crippen molar-refractivity contribution < 1.29 is 9.59 Å². The Morgan fingerprint density at radius 3 is 2.43 bits per heavy atom. The number of ketones is 1. The number of carbonyl (C=O) groups is 2. The number of Topliss-reactive ketones (excluding diaryl/α,β-unsaturated/α-hetero) is 1. The summed E-state index contributed by atoms with van der Waals surface area (Å²) in [5.74, 6) is -1.11. The monoisotopic (exact) mass is 198 g/mol. The van der Waals surface area contributed by atoms with E-state index < -0.39 is 0 Å². The van der Waals surface area contributed by atoms with Gasteiger partial charge in [-0.05, 0) is 12.8 Å². The molecular formula is C10H18N2O2. The zero-order valence-electron chi connectivity index (χ0n) is 8.75. The molecule has 1 amide bonds. The lowest BCUT2D eigenvalue weighted by molar-refractivity contribution is -0.123. The van der Waals surface area contributed by atoms with Crippen LogP contribution in [-0.2, 0) is 9.59 Å². The largest absolute Gasteiger partial charge is 0.369 e. The van der Waals surface area contributed by atoms with Crippen LogP contribution in [0.3, 0.4) is 0 Å². The predicted molar refractivity (Wildman–Crippen MR) is 55.2 cm³/mol. The van der Waals surface area contributed by atoms with Crippen LogP contribution in [0.25, 0.3) is 0 Å². The highest BCUT2D eigenvalue weighted by molar-refractivity contribution is 6.27. The van der Waals surface area contributed by atoms with E-state index in [0.29, 0.717) is 12.8 Å². The summed E-state index contributed by atoms with van der Waals surface area (Å²) in [5, 5.41) is 6.80. The summed E-state index contributed by atoms with van der Waals surface area (Å²) >= 11 is 0. The Kier molecular flexibility index (Phi) is 5.76. The Morgan fingerprint density at radius 1 is 1.50 bits per heavy atom. The second-order valence-corrected chi connectivity index (χ2v) is 3.57. The standard InChI is InChI=1S/C10H18N2O2/c1-3-4-8(10(12)14)5-7(2)9(13)6-11/h6-8,11H,3-5H2,1-2H3,(H2,12,14)/t7-,8?/m0/s1. The van der Waals surface area contributed by atoms with E-state index in [4.69, 9.17) is 11.1 Å². The zero-order chi connectivity index (χ0) is 11.1. The number of primary amides is 1. The molecule has 0 bridgehead atoms. The van der Waals surface area contributed by atoms with Crippen molar-refractivity contribution in [1.82, 2.24) is 0 Å². The van der Waals surface area contributed by atoms with Crippen LogP contribution in [0.4, 0.5) is 0 Å². The number of amides is 1. The molecule has 0 aromatic rings. The molecule has 0 aromatic heterocycles. The lowest BCUT2D eigenvalue weighted by atomic mass is 9.89. The van der Waals surface area contributed by atoms with Gasteiger partial charge in [-0.25, -0.2) is 0 Å². The van der Waals surface area contributed by atoms with Gasteiger partial charge < -0.3 is 11.1 Å². The molecular weight excluding hydrogens is 180 g/mol. The fourth-order valence-corrected chi connectivity index (χ4v) is 1.41. The van der Waals surface area contributed by atoms with Gasteiger partial charge in [-0.1, -0.05) is 20.3 Å². The minimum absolute atomic E-state index is 0.237. The summed E-state index contributed by atoms with van der Waals surface area (Å²) < 4.78 is 0. The van der Waals surface area contributed by atoms with Gasteiger partial charge in [-0.3, -0.25) is 9.59 Å². The molecule has 2 atom stereocenters. The lowest BCUT2D eigenvalue weighted by Crippen LogP contribution is -2.27. The molecule has 0 aliphatic heterocycles. The molecule has 4 nitrogen and oxygen atoms in total. The van der Waals surface area contributed by atoms with Crippen molar-refractivity contribution in [2.24, 2.45) is 17.6 Å². The fourth-order valence-electron chi connectivity index (χ4n) is 1.41. The smallest absolute Gasteiger partial charge is 0.220 e. The van der Waals surface area contributed by atoms with Crippen LogP contribution in [0.15, 0.2) is 0 Å². The third-order valence-corrected chi connectivity index (χ3v) is 2.31. The first-order valence-corrected chi connectivity index (χ1v) is 4.86. The summed E-state index contributed by atoms with van der Waals surface area (Å²) in [5.41, 5.74) is 5.21. The average molecular weight is 198 g/mol. The molecule has 0 aromatic carbocycles. The molecule has 80 valence electrons. The van der Waals surface area contributed by atoms with Gasteiger partial charge >= 0.3 is 0 Å². The van der Waals surface area contributed by atoms with Gasteiger partial charge in [0.05, 0.1) is 6.21 Å². The third kappa shape index (κ3) is 4.16. The van der Waals surface area contributed by atoms with Gasteiger partial charge in [0, 0.05) is 11.8 Å². The van der Waals surface area contributed by atoms with E-state index in [9.17, 15) is 9.59 Å². The minimum atomic E-state index is -0.350. The molecule has 0 spiro atoms. The van der Waals surface area contributed by atoms with Crippen molar-refractivity contribution in [1.29, 1.82) is 5.41 Å². The molecule has 4 heteroatoms. The quantitative estimate of drug-likeness (QED) is 0.601. The van der Waals surface area contributed by atoms with E-state index in [0.717, 1.165) is 12.6 Å². The number of carbonyl (C=O) groups excluding carboxylic acids is 2. The summed E-state index contributed by atoms with van der Waals surface area (Å²) in [6.07, 6.45) is 2.84. The van der Waals surface area contributed by atoms with Crippen molar-refractivity contribution in [2.75, 3.05) is 0 Å². The molecule has 0 fully saturated rings. The topological polar surface area (TPSA) is 84.0 Å². The third-order valence-electron chi connectivity index (χ3n) is 2.31. The highest BCUT2D eigenvalue weighted by atomic mass is 16.1. The number of hydrogen-bond acceptors (Lipinski definition) is 3. The first kappa shape index (κ1) is 12.8. The summed E-state index contributed by atoms with van der Waals surface area (Å²) in [4.78, 5) is 22.1. The van der Waals surface area contributed by atoms with E-state index in [-0.39, 0.29) is 23.5 Å². The first-order valence-electron chi connectivity index (χ1n) is 4.86. The molecule has 0 radical (unpaired) electrons. The van der Waals surface area contributed by atoms with Crippen LogP contribution >= 0.6 is 0 Å². The molecule has 0 heterocycles. The number of rotatable bonds is 7. The number of nitrogens with one attached hydrogen (secondary N) is 1. The first-order chi connectivity index (χ1) is 6.52. The molecule has 0 aliphatic rings. The van der Waals surface area contributed by atoms with Gasteiger partial charge in [-0.15, -0.1) is 0 Å². The van der Waals surface area contributed by atoms with Crippen LogP contribution in [-0.4, -0.2) is 17.9 Å². The maximum absolute atomic E-state index is 11.1. The summed E-state index contributed by atoms with van der Waals surface area (Å²) in [6, 6.07) is 0. The normalized spacial score (nSPS) is 14.4. The lowest BCUT2D eigenvalue weighted by Gasteiger charge is -2.15. The summed E-state index contributed by atoms with van der Waals surface area (Å²) in [6.45, 7) is 3.69. The highest BCUT2D eigenvalue weighted by Crippen LogP contribution is 2.17. The maximum Gasteiger partial charge on any atom is 0.220 e. The van der Waals surface area contributed by atoms with Crippen molar-refractivity contribution in [3.8, 4) is 0 Å². The average Bonchev–Trinajstić information content (AvgIpc) is 2.15. The molecule has 3 N–H and O–H groups in total. The van der Waals surface area contributed by atoms with E-state index in [1.807, 2.05) is 6.92 Å². The Balaban J connectivity index is 4.21. The van der Waals surface area contributed by atoms with Crippen molar-refractivity contribution in [3.63, 3.8) is 0 Å². The second kappa shape index (κ2) is 6.29. The Bertz CT molecular complexity index is 226. The molecule has 0 aliphatic carbocycles. The highest BCUT2D eigenvalue weighted by Gasteiger charge is 2.20. The number of hydrogen-bond donors (Lipinski definition) is 2.